The molecule has 1 aromatic heterocycles. The molecule has 1 aliphatic rings. The molecule has 2 aromatic rings. The van der Waals surface area contributed by atoms with Crippen LogP contribution in [0.25, 0.3) is 0 Å². The van der Waals surface area contributed by atoms with E-state index in [1.165, 1.54) is 22.3 Å². The van der Waals surface area contributed by atoms with E-state index >= 15 is 0 Å². The van der Waals surface area contributed by atoms with Gasteiger partial charge in [0.25, 0.3) is 0 Å². The van der Waals surface area contributed by atoms with Crippen LogP contribution in [0.3, 0.4) is 0 Å². The first-order valence-corrected chi connectivity index (χ1v) is 11.5. The number of aromatic nitrogens is 1. The molecule has 9 heteroatoms. The van der Waals surface area contributed by atoms with Gasteiger partial charge in [0, 0.05) is 25.0 Å². The number of amides is 1. The standard InChI is InChI=1S/C19H23N3O4S2/c1-2-26-16-7-5-15(6-8-16)21-18(23)14-27-19-10-9-17(13-20-19)28(24,25)22-11-3-4-12-22/h5-10,13H,2-4,11-12,14H2,1H3,(H,21,23). The molecule has 0 spiro atoms. The van der Waals surface area contributed by atoms with Crippen molar-refractivity contribution in [3.8, 4) is 5.75 Å². The Morgan fingerprint density at radius 1 is 1.18 bits per heavy atom. The van der Waals surface area contributed by atoms with Crippen molar-refractivity contribution >= 4 is 33.4 Å². The van der Waals surface area contributed by atoms with E-state index in [9.17, 15) is 13.2 Å². The summed E-state index contributed by atoms with van der Waals surface area (Å²) in [5, 5.41) is 3.41. The summed E-state index contributed by atoms with van der Waals surface area (Å²) >= 11 is 1.25. The van der Waals surface area contributed by atoms with Gasteiger partial charge in [-0.2, -0.15) is 4.31 Å². The molecule has 1 fully saturated rings. The number of benzene rings is 1. The summed E-state index contributed by atoms with van der Waals surface area (Å²) < 4.78 is 31.8. The summed E-state index contributed by atoms with van der Waals surface area (Å²) in [4.78, 5) is 16.5. The van der Waals surface area contributed by atoms with Crippen LogP contribution in [0.5, 0.6) is 5.75 Å². The van der Waals surface area contributed by atoms with Crippen molar-refractivity contribution in [2.75, 3.05) is 30.8 Å². The SMILES string of the molecule is CCOc1ccc(NC(=O)CSc2ccc(S(=O)(=O)N3CCCC3)cn2)cc1. The second-order valence-electron chi connectivity index (χ2n) is 6.24. The Morgan fingerprint density at radius 3 is 2.50 bits per heavy atom. The lowest BCUT2D eigenvalue weighted by molar-refractivity contribution is -0.113. The number of ether oxygens (including phenoxy) is 1. The van der Waals surface area contributed by atoms with Crippen LogP contribution >= 0.6 is 11.8 Å². The van der Waals surface area contributed by atoms with Crippen molar-refractivity contribution in [1.82, 2.24) is 9.29 Å². The maximum Gasteiger partial charge on any atom is 0.244 e. The lowest BCUT2D eigenvalue weighted by atomic mass is 10.3. The summed E-state index contributed by atoms with van der Waals surface area (Å²) in [7, 11) is -3.46. The zero-order valence-electron chi connectivity index (χ0n) is 15.6. The van der Waals surface area contributed by atoms with Gasteiger partial charge in [-0.3, -0.25) is 4.79 Å². The van der Waals surface area contributed by atoms with Gasteiger partial charge < -0.3 is 10.1 Å². The Hall–Kier alpha value is -2.10. The molecule has 3 rings (SSSR count). The fourth-order valence-corrected chi connectivity index (χ4v) is 4.93. The highest BCUT2D eigenvalue weighted by molar-refractivity contribution is 7.99. The Labute approximate surface area is 169 Å². The average molecular weight is 422 g/mol. The first kappa shape index (κ1) is 20.6. The number of anilines is 1. The minimum absolute atomic E-state index is 0.162. The second kappa shape index (κ2) is 9.40. The number of sulfonamides is 1. The fraction of sp³-hybridized carbons (Fsp3) is 0.368. The van der Waals surface area contributed by atoms with Crippen LogP contribution in [0.1, 0.15) is 19.8 Å². The van der Waals surface area contributed by atoms with E-state index in [-0.39, 0.29) is 16.6 Å². The minimum atomic E-state index is -3.46. The van der Waals surface area contributed by atoms with E-state index in [0.29, 0.717) is 30.4 Å². The highest BCUT2D eigenvalue weighted by atomic mass is 32.2. The summed E-state index contributed by atoms with van der Waals surface area (Å²) in [6.07, 6.45) is 3.15. The molecule has 1 saturated heterocycles. The van der Waals surface area contributed by atoms with Gasteiger partial charge in [-0.15, -0.1) is 0 Å². The first-order chi connectivity index (χ1) is 13.5. The van der Waals surface area contributed by atoms with Crippen molar-refractivity contribution in [3.63, 3.8) is 0 Å². The smallest absolute Gasteiger partial charge is 0.244 e. The molecule has 0 atom stereocenters. The van der Waals surface area contributed by atoms with E-state index in [1.54, 1.807) is 36.4 Å². The van der Waals surface area contributed by atoms with E-state index < -0.39 is 10.0 Å². The lowest BCUT2D eigenvalue weighted by Gasteiger charge is -2.15. The average Bonchev–Trinajstić information content (AvgIpc) is 3.24. The van der Waals surface area contributed by atoms with Gasteiger partial charge in [0.15, 0.2) is 0 Å². The summed E-state index contributed by atoms with van der Waals surface area (Å²) in [5.41, 5.74) is 0.689. The molecule has 2 heterocycles. The molecule has 0 unspecified atom stereocenters. The number of thioether (sulfide) groups is 1. The van der Waals surface area contributed by atoms with Crippen LogP contribution in [0, 0.1) is 0 Å². The topological polar surface area (TPSA) is 88.6 Å². The molecule has 0 aliphatic carbocycles. The largest absolute Gasteiger partial charge is 0.494 e. The molecule has 28 heavy (non-hydrogen) atoms. The predicted octanol–water partition coefficient (Wildman–Crippen LogP) is 3.00. The molecule has 7 nitrogen and oxygen atoms in total. The number of nitrogens with zero attached hydrogens (tertiary/aromatic N) is 2. The van der Waals surface area contributed by atoms with E-state index in [2.05, 4.69) is 10.3 Å². The number of pyridine rings is 1. The van der Waals surface area contributed by atoms with Gasteiger partial charge in [0.1, 0.15) is 10.6 Å². The molecular weight excluding hydrogens is 398 g/mol. The number of hydrogen-bond acceptors (Lipinski definition) is 6. The molecule has 1 aromatic carbocycles. The van der Waals surface area contributed by atoms with Gasteiger partial charge in [0.2, 0.25) is 15.9 Å². The van der Waals surface area contributed by atoms with Crippen molar-refractivity contribution in [1.29, 1.82) is 0 Å². The van der Waals surface area contributed by atoms with Crippen molar-refractivity contribution in [2.45, 2.75) is 29.7 Å². The number of nitrogens with one attached hydrogen (secondary N) is 1. The maximum atomic E-state index is 12.5. The zero-order chi connectivity index (χ0) is 20.0. The molecular formula is C19H23N3O4S2. The number of carbonyl (C=O) groups excluding carboxylic acids is 1. The monoisotopic (exact) mass is 421 g/mol. The van der Waals surface area contributed by atoms with Gasteiger partial charge in [-0.05, 0) is 56.2 Å². The Bertz CT molecular complexity index is 894. The molecule has 150 valence electrons. The summed E-state index contributed by atoms with van der Waals surface area (Å²) in [6.45, 7) is 3.62. The number of carbonyl (C=O) groups is 1. The third-order valence-corrected chi connectivity index (χ3v) is 7.04. The Kier molecular flexibility index (Phi) is 6.93. The highest BCUT2D eigenvalue weighted by Crippen LogP contribution is 2.23. The minimum Gasteiger partial charge on any atom is -0.494 e. The summed E-state index contributed by atoms with van der Waals surface area (Å²) in [6, 6.07) is 10.3. The van der Waals surface area contributed by atoms with Crippen molar-refractivity contribution < 1.29 is 17.9 Å². The lowest BCUT2D eigenvalue weighted by Crippen LogP contribution is -2.27. The van der Waals surface area contributed by atoms with Crippen LogP contribution in [-0.4, -0.2) is 49.1 Å². The maximum absolute atomic E-state index is 12.5. The van der Waals surface area contributed by atoms with Gasteiger partial charge in [-0.25, -0.2) is 13.4 Å². The van der Waals surface area contributed by atoms with Crippen LogP contribution in [-0.2, 0) is 14.8 Å². The second-order valence-corrected chi connectivity index (χ2v) is 9.17. The highest BCUT2D eigenvalue weighted by Gasteiger charge is 2.27. The predicted molar refractivity (Wildman–Crippen MR) is 109 cm³/mol. The quantitative estimate of drug-likeness (QED) is 0.659. The molecule has 1 N–H and O–H groups in total. The molecule has 0 bridgehead atoms. The number of hydrogen-bond donors (Lipinski definition) is 1. The third-order valence-electron chi connectivity index (χ3n) is 4.21. The van der Waals surface area contributed by atoms with Gasteiger partial charge in [0.05, 0.1) is 17.4 Å². The fourth-order valence-electron chi connectivity index (χ4n) is 2.82. The normalized spacial score (nSPS) is 14.8. The molecule has 1 amide bonds. The van der Waals surface area contributed by atoms with Crippen LogP contribution < -0.4 is 10.1 Å². The van der Waals surface area contributed by atoms with Gasteiger partial charge in [-0.1, -0.05) is 11.8 Å². The van der Waals surface area contributed by atoms with Crippen molar-refractivity contribution in [3.05, 3.63) is 42.6 Å². The van der Waals surface area contributed by atoms with Crippen molar-refractivity contribution in [2.24, 2.45) is 0 Å². The number of rotatable bonds is 8. The van der Waals surface area contributed by atoms with Crippen LogP contribution in [0.4, 0.5) is 5.69 Å². The molecule has 1 aliphatic heterocycles. The van der Waals surface area contributed by atoms with E-state index in [0.717, 1.165) is 18.6 Å². The Balaban J connectivity index is 1.52. The van der Waals surface area contributed by atoms with Gasteiger partial charge >= 0.3 is 0 Å². The summed E-state index contributed by atoms with van der Waals surface area (Å²) in [5.74, 6) is 0.770. The third kappa shape index (κ3) is 5.24. The first-order valence-electron chi connectivity index (χ1n) is 9.11. The van der Waals surface area contributed by atoms with Crippen LogP contribution in [0.15, 0.2) is 52.5 Å². The van der Waals surface area contributed by atoms with E-state index in [4.69, 9.17) is 4.74 Å². The molecule has 0 saturated carbocycles. The zero-order valence-corrected chi connectivity index (χ0v) is 17.3. The van der Waals surface area contributed by atoms with E-state index in [1.807, 2.05) is 6.92 Å². The molecule has 0 radical (unpaired) electrons. The van der Waals surface area contributed by atoms with Crippen LogP contribution in [0.2, 0.25) is 0 Å². The Morgan fingerprint density at radius 2 is 1.89 bits per heavy atom.